The molecule has 0 aromatic carbocycles. The van der Waals surface area contributed by atoms with Crippen LogP contribution >= 0.6 is 12.2 Å². The van der Waals surface area contributed by atoms with Gasteiger partial charge in [-0.1, -0.05) is 33.0 Å². The molecule has 0 aliphatic rings. The number of thiocarbonyl (C=S) groups is 1. The average molecular weight is 190 g/mol. The van der Waals surface area contributed by atoms with E-state index >= 15 is 0 Å². The smallest absolute Gasteiger partial charge is 0.126 e. The van der Waals surface area contributed by atoms with Gasteiger partial charge in [-0.25, -0.2) is 0 Å². The Bertz CT molecular complexity index is 94.3. The third kappa shape index (κ3) is 13000. The number of hydrogen-bond donors (Lipinski definition) is 0. The topological polar surface area (TPSA) is 17.1 Å². The lowest BCUT2D eigenvalue weighted by Gasteiger charge is -1.79. The summed E-state index contributed by atoms with van der Waals surface area (Å²) in [6.07, 6.45) is 0. The van der Waals surface area contributed by atoms with Gasteiger partial charge in [-0.05, 0) is 38.5 Å². The summed E-state index contributed by atoms with van der Waals surface area (Å²) in [4.78, 5) is 10.4. The summed E-state index contributed by atoms with van der Waals surface area (Å²) < 4.78 is 0. The number of ketones is 1. The van der Waals surface area contributed by atoms with Gasteiger partial charge in [0.15, 0.2) is 0 Å². The first-order valence-corrected chi connectivity index (χ1v) is 4.55. The van der Waals surface area contributed by atoms with E-state index in [0.29, 0.717) is 0 Å². The van der Waals surface area contributed by atoms with E-state index < -0.39 is 0 Å². The molecule has 0 amide bonds. The molecule has 0 rings (SSSR count). The second-order valence-corrected chi connectivity index (χ2v) is 4.37. The zero-order chi connectivity index (χ0) is 10.7. The molecule has 0 N–H and O–H groups in total. The van der Waals surface area contributed by atoms with Crippen molar-refractivity contribution in [3.63, 3.8) is 0 Å². The van der Waals surface area contributed by atoms with Gasteiger partial charge in [-0.2, -0.15) is 0 Å². The predicted octanol–water partition coefficient (Wildman–Crippen LogP) is 3.65. The van der Waals surface area contributed by atoms with Gasteiger partial charge in [0.2, 0.25) is 0 Å². The van der Waals surface area contributed by atoms with Crippen LogP contribution in [0.15, 0.2) is 0 Å². The molecule has 0 heterocycles. The van der Waals surface area contributed by atoms with Crippen LogP contribution in [-0.4, -0.2) is 10.6 Å². The molecular formula is C10H22OS. The minimum atomic E-state index is 0.167. The SMILES string of the molecule is CC(C)=O.CC(C)=S.CC(C)C. The average Bonchev–Trinajstić information content (AvgIpc) is 1.54. The molecule has 0 saturated heterocycles. The Morgan fingerprint density at radius 2 is 1.00 bits per heavy atom. The predicted molar refractivity (Wildman–Crippen MR) is 60.8 cm³/mol. The third-order valence-electron chi connectivity index (χ3n) is 0. The standard InChI is InChI=1S/C4H10.C3H6O.C3H6S/c1-4(2)3;2*1-3(2)4/h4H,1-3H3;2*1-2H3. The fourth-order valence-electron chi connectivity index (χ4n) is 0. The first-order valence-electron chi connectivity index (χ1n) is 4.14. The summed E-state index contributed by atoms with van der Waals surface area (Å²) in [6.45, 7) is 13.4. The third-order valence-corrected chi connectivity index (χ3v) is 0. The number of hydrogen-bond acceptors (Lipinski definition) is 2. The molecule has 0 radical (unpaired) electrons. The highest BCUT2D eigenvalue weighted by Crippen LogP contribution is 1.81. The molecule has 0 spiro atoms. The normalized spacial score (nSPS) is 7.33. The molecule has 2 heteroatoms. The van der Waals surface area contributed by atoms with Crippen LogP contribution in [0.2, 0.25) is 0 Å². The zero-order valence-electron chi connectivity index (χ0n) is 9.39. The fraction of sp³-hybridized carbons (Fsp3) is 0.800. The second kappa shape index (κ2) is 13.4. The van der Waals surface area contributed by atoms with Crippen LogP contribution in [0.5, 0.6) is 0 Å². The van der Waals surface area contributed by atoms with E-state index in [9.17, 15) is 4.79 Å². The Hall–Kier alpha value is -0.240. The maximum absolute atomic E-state index is 9.44. The van der Waals surface area contributed by atoms with Gasteiger partial charge in [0.1, 0.15) is 5.78 Å². The Balaban J connectivity index is -0.000000101. The molecule has 0 bridgehead atoms. The van der Waals surface area contributed by atoms with Gasteiger partial charge in [0.25, 0.3) is 0 Å². The molecule has 0 unspecified atom stereocenters. The van der Waals surface area contributed by atoms with Crippen LogP contribution in [0.4, 0.5) is 0 Å². The van der Waals surface area contributed by atoms with Crippen molar-refractivity contribution in [2.75, 3.05) is 0 Å². The van der Waals surface area contributed by atoms with E-state index in [1.807, 2.05) is 13.8 Å². The lowest BCUT2D eigenvalue weighted by atomic mass is 10.3. The number of carbonyl (C=O) groups is 1. The fourth-order valence-corrected chi connectivity index (χ4v) is 0. The summed E-state index contributed by atoms with van der Waals surface area (Å²) in [5.41, 5.74) is 0. The highest BCUT2D eigenvalue weighted by molar-refractivity contribution is 7.80. The quantitative estimate of drug-likeness (QED) is 0.542. The number of carbonyl (C=O) groups excluding carboxylic acids is 1. The Morgan fingerprint density at radius 3 is 1.00 bits per heavy atom. The summed E-state index contributed by atoms with van der Waals surface area (Å²) in [6, 6.07) is 0. The molecule has 0 saturated carbocycles. The molecule has 0 aliphatic carbocycles. The van der Waals surface area contributed by atoms with Crippen molar-refractivity contribution in [3.05, 3.63) is 0 Å². The van der Waals surface area contributed by atoms with Crippen molar-refractivity contribution >= 4 is 22.9 Å². The monoisotopic (exact) mass is 190 g/mol. The summed E-state index contributed by atoms with van der Waals surface area (Å²) in [5, 5.41) is 0. The van der Waals surface area contributed by atoms with Crippen molar-refractivity contribution < 1.29 is 4.79 Å². The molecule has 0 aromatic rings. The molecule has 0 aromatic heterocycles. The van der Waals surface area contributed by atoms with E-state index in [-0.39, 0.29) is 5.78 Å². The van der Waals surface area contributed by atoms with E-state index in [1.54, 1.807) is 0 Å². The van der Waals surface area contributed by atoms with E-state index in [0.717, 1.165) is 10.8 Å². The maximum Gasteiger partial charge on any atom is 0.126 e. The molecular weight excluding hydrogens is 168 g/mol. The number of Topliss-reactive ketones (excluding diaryl/α,β-unsaturated/α-hetero) is 1. The minimum absolute atomic E-state index is 0.167. The summed E-state index contributed by atoms with van der Waals surface area (Å²) in [5.74, 6) is 1.00. The largest absolute Gasteiger partial charge is 0.300 e. The first-order chi connectivity index (χ1) is 5.20. The first kappa shape index (κ1) is 17.7. The Labute approximate surface area is 82.6 Å². The lowest BCUT2D eigenvalue weighted by molar-refractivity contribution is -0.114. The van der Waals surface area contributed by atoms with Gasteiger partial charge >= 0.3 is 0 Å². The molecule has 74 valence electrons. The van der Waals surface area contributed by atoms with Crippen LogP contribution in [0, 0.1) is 5.92 Å². The van der Waals surface area contributed by atoms with Crippen molar-refractivity contribution in [2.45, 2.75) is 48.5 Å². The van der Waals surface area contributed by atoms with Gasteiger partial charge in [0, 0.05) is 0 Å². The van der Waals surface area contributed by atoms with Gasteiger partial charge < -0.3 is 4.79 Å². The molecule has 12 heavy (non-hydrogen) atoms. The van der Waals surface area contributed by atoms with Crippen molar-refractivity contribution in [2.24, 2.45) is 5.92 Å². The minimum Gasteiger partial charge on any atom is -0.300 e. The number of rotatable bonds is 0. The van der Waals surface area contributed by atoms with E-state index in [2.05, 4.69) is 33.0 Å². The van der Waals surface area contributed by atoms with Crippen molar-refractivity contribution in [1.29, 1.82) is 0 Å². The van der Waals surface area contributed by atoms with Crippen LogP contribution in [-0.2, 0) is 4.79 Å². The second-order valence-electron chi connectivity index (χ2n) is 3.55. The molecule has 0 atom stereocenters. The van der Waals surface area contributed by atoms with Gasteiger partial charge in [-0.15, -0.1) is 0 Å². The summed E-state index contributed by atoms with van der Waals surface area (Å²) in [7, 11) is 0. The van der Waals surface area contributed by atoms with Crippen molar-refractivity contribution in [1.82, 2.24) is 0 Å². The summed E-state index contributed by atoms with van der Waals surface area (Å²) >= 11 is 4.54. The van der Waals surface area contributed by atoms with E-state index in [1.165, 1.54) is 13.8 Å². The van der Waals surface area contributed by atoms with Crippen LogP contribution in [0.1, 0.15) is 48.5 Å². The van der Waals surface area contributed by atoms with Crippen LogP contribution in [0.3, 0.4) is 0 Å². The van der Waals surface area contributed by atoms with E-state index in [4.69, 9.17) is 0 Å². The van der Waals surface area contributed by atoms with Gasteiger partial charge in [0.05, 0.1) is 0 Å². The zero-order valence-corrected chi connectivity index (χ0v) is 10.2. The highest BCUT2D eigenvalue weighted by atomic mass is 32.1. The van der Waals surface area contributed by atoms with Crippen LogP contribution < -0.4 is 0 Å². The highest BCUT2D eigenvalue weighted by Gasteiger charge is 1.68. The molecule has 0 aliphatic heterocycles. The Morgan fingerprint density at radius 1 is 1.00 bits per heavy atom. The molecule has 0 fully saturated rings. The van der Waals surface area contributed by atoms with Crippen molar-refractivity contribution in [3.8, 4) is 0 Å². The van der Waals surface area contributed by atoms with Gasteiger partial charge in [-0.3, -0.25) is 0 Å². The Kier molecular flexibility index (Phi) is 19.7. The lowest BCUT2D eigenvalue weighted by Crippen LogP contribution is -1.69. The van der Waals surface area contributed by atoms with Crippen LogP contribution in [0.25, 0.3) is 0 Å². The maximum atomic E-state index is 9.44. The molecule has 1 nitrogen and oxygen atoms in total.